The summed E-state index contributed by atoms with van der Waals surface area (Å²) in [7, 11) is 1.67. The summed E-state index contributed by atoms with van der Waals surface area (Å²) >= 11 is 0. The summed E-state index contributed by atoms with van der Waals surface area (Å²) in [6, 6.07) is 0. The number of aromatic nitrogens is 4. The molecule has 0 amide bonds. The van der Waals surface area contributed by atoms with E-state index in [1.165, 1.54) is 36.7 Å². The van der Waals surface area contributed by atoms with Crippen molar-refractivity contribution in [2.24, 2.45) is 7.05 Å². The van der Waals surface area contributed by atoms with Crippen LogP contribution in [0, 0.1) is 0 Å². The van der Waals surface area contributed by atoms with E-state index in [9.17, 15) is 9.59 Å². The summed E-state index contributed by atoms with van der Waals surface area (Å²) in [5.74, 6) is 0.847. The summed E-state index contributed by atoms with van der Waals surface area (Å²) in [6.45, 7) is 4.92. The van der Waals surface area contributed by atoms with Crippen molar-refractivity contribution in [3.8, 4) is 0 Å². The van der Waals surface area contributed by atoms with Crippen LogP contribution >= 0.6 is 0 Å². The third-order valence-corrected chi connectivity index (χ3v) is 5.36. The van der Waals surface area contributed by atoms with Gasteiger partial charge < -0.3 is 9.47 Å². The number of anilines is 1. The third kappa shape index (κ3) is 3.86. The zero-order valence-electron chi connectivity index (χ0n) is 16.1. The maximum Gasteiger partial charge on any atom is 0.329 e. The molecule has 0 aromatic carbocycles. The molecule has 0 bridgehead atoms. The van der Waals surface area contributed by atoms with Gasteiger partial charge in [-0.1, -0.05) is 39.0 Å². The number of imidazole rings is 1. The number of rotatable bonds is 8. The minimum absolute atomic E-state index is 0.329. The van der Waals surface area contributed by atoms with E-state index >= 15 is 0 Å². The van der Waals surface area contributed by atoms with Crippen molar-refractivity contribution in [1.82, 2.24) is 19.1 Å². The van der Waals surface area contributed by atoms with Crippen LogP contribution in [0.25, 0.3) is 11.2 Å². The highest BCUT2D eigenvalue weighted by molar-refractivity contribution is 5.74. The van der Waals surface area contributed by atoms with Crippen LogP contribution in [0.3, 0.4) is 0 Å². The Balaban J connectivity index is 1.91. The van der Waals surface area contributed by atoms with Crippen molar-refractivity contribution in [2.75, 3.05) is 18.0 Å². The number of fused-ring (bicyclic) bond motifs is 1. The average molecular weight is 361 g/mol. The normalized spacial score (nSPS) is 15.1. The summed E-state index contributed by atoms with van der Waals surface area (Å²) in [5, 5.41) is 0. The molecule has 144 valence electrons. The van der Waals surface area contributed by atoms with Gasteiger partial charge in [-0.25, -0.2) is 4.79 Å². The maximum absolute atomic E-state index is 12.5. The predicted octanol–water partition coefficient (Wildman–Crippen LogP) is 2.77. The monoisotopic (exact) mass is 361 g/mol. The molecule has 2 aromatic rings. The minimum atomic E-state index is -0.406. The largest absolute Gasteiger partial charge is 0.342 e. The topological polar surface area (TPSA) is 75.9 Å². The molecule has 1 N–H and O–H groups in total. The lowest BCUT2D eigenvalue weighted by molar-refractivity contribution is 0.535. The number of unbranched alkanes of at least 4 members (excludes halogenated alkanes) is 5. The van der Waals surface area contributed by atoms with E-state index < -0.39 is 5.69 Å². The Labute approximate surface area is 154 Å². The van der Waals surface area contributed by atoms with Crippen LogP contribution < -0.4 is 16.1 Å². The molecule has 3 heterocycles. The Kier molecular flexibility index (Phi) is 6.16. The Bertz CT molecular complexity index is 842. The molecule has 0 saturated carbocycles. The third-order valence-electron chi connectivity index (χ3n) is 5.36. The van der Waals surface area contributed by atoms with Gasteiger partial charge >= 0.3 is 5.69 Å². The number of nitrogens with one attached hydrogen (secondary N) is 1. The second-order valence-corrected chi connectivity index (χ2v) is 7.37. The van der Waals surface area contributed by atoms with Gasteiger partial charge in [-0.3, -0.25) is 14.3 Å². The van der Waals surface area contributed by atoms with Crippen molar-refractivity contribution in [3.05, 3.63) is 20.8 Å². The van der Waals surface area contributed by atoms with Gasteiger partial charge in [0.05, 0.1) is 0 Å². The molecule has 7 heteroatoms. The number of hydrogen-bond acceptors (Lipinski definition) is 4. The van der Waals surface area contributed by atoms with Crippen LogP contribution in [0.4, 0.5) is 5.95 Å². The first-order valence-electron chi connectivity index (χ1n) is 10.1. The number of hydrogen-bond donors (Lipinski definition) is 1. The van der Waals surface area contributed by atoms with Crippen LogP contribution in [0.15, 0.2) is 9.59 Å². The van der Waals surface area contributed by atoms with Gasteiger partial charge in [-0.2, -0.15) is 4.98 Å². The molecule has 2 aromatic heterocycles. The molecule has 1 aliphatic heterocycles. The van der Waals surface area contributed by atoms with Crippen LogP contribution in [0.2, 0.25) is 0 Å². The molecule has 0 radical (unpaired) electrons. The van der Waals surface area contributed by atoms with E-state index in [-0.39, 0.29) is 5.56 Å². The second kappa shape index (κ2) is 8.56. The van der Waals surface area contributed by atoms with Crippen molar-refractivity contribution in [1.29, 1.82) is 0 Å². The highest BCUT2D eigenvalue weighted by Crippen LogP contribution is 2.23. The van der Waals surface area contributed by atoms with Gasteiger partial charge in [0.2, 0.25) is 5.95 Å². The molecule has 1 aliphatic rings. The van der Waals surface area contributed by atoms with Gasteiger partial charge in [0.25, 0.3) is 5.56 Å². The van der Waals surface area contributed by atoms with Crippen molar-refractivity contribution in [3.63, 3.8) is 0 Å². The number of aromatic amines is 1. The first kappa shape index (κ1) is 18.7. The van der Waals surface area contributed by atoms with E-state index in [1.807, 2.05) is 4.57 Å². The predicted molar refractivity (Wildman–Crippen MR) is 105 cm³/mol. The van der Waals surface area contributed by atoms with Gasteiger partial charge in [0.15, 0.2) is 11.2 Å². The SMILES string of the molecule is CCCCCCCCn1c(N2CCCCC2)nc2c1c(=O)[nH]c(=O)n2C. The molecule has 1 saturated heterocycles. The fourth-order valence-corrected chi connectivity index (χ4v) is 3.82. The van der Waals surface area contributed by atoms with Crippen molar-refractivity contribution >= 4 is 17.1 Å². The standard InChI is InChI=1S/C19H31N5O2/c1-3-4-5-6-7-11-14-24-15-16(22(2)19(26)21-17(15)25)20-18(24)23-12-9-8-10-13-23/h3-14H2,1-2H3,(H,21,25,26). The fourth-order valence-electron chi connectivity index (χ4n) is 3.82. The van der Waals surface area contributed by atoms with E-state index in [4.69, 9.17) is 4.98 Å². The summed E-state index contributed by atoms with van der Waals surface area (Å²) in [6.07, 6.45) is 10.8. The molecule has 0 unspecified atom stereocenters. The Morgan fingerprint density at radius 1 is 1.00 bits per heavy atom. The molecule has 1 fully saturated rings. The van der Waals surface area contributed by atoms with E-state index in [1.54, 1.807) is 7.05 Å². The lowest BCUT2D eigenvalue weighted by Gasteiger charge is -2.28. The van der Waals surface area contributed by atoms with Gasteiger partial charge in [-0.15, -0.1) is 0 Å². The molecule has 7 nitrogen and oxygen atoms in total. The highest BCUT2D eigenvalue weighted by atomic mass is 16.2. The fraction of sp³-hybridized carbons (Fsp3) is 0.737. The molecule has 3 rings (SSSR count). The second-order valence-electron chi connectivity index (χ2n) is 7.37. The van der Waals surface area contributed by atoms with E-state index in [0.29, 0.717) is 11.2 Å². The number of aryl methyl sites for hydroxylation is 2. The molecular formula is C19H31N5O2. The quantitative estimate of drug-likeness (QED) is 0.734. The van der Waals surface area contributed by atoms with Gasteiger partial charge in [0.1, 0.15) is 0 Å². The lowest BCUT2D eigenvalue weighted by Crippen LogP contribution is -2.32. The van der Waals surface area contributed by atoms with E-state index in [2.05, 4.69) is 16.8 Å². The number of nitrogens with zero attached hydrogens (tertiary/aromatic N) is 4. The summed E-state index contributed by atoms with van der Waals surface area (Å²) in [5.41, 5.74) is 0.285. The molecule has 0 atom stereocenters. The highest BCUT2D eigenvalue weighted by Gasteiger charge is 2.22. The van der Waals surface area contributed by atoms with Crippen LogP contribution in [0.1, 0.15) is 64.7 Å². The number of piperidine rings is 1. The molecule has 0 aliphatic carbocycles. The summed E-state index contributed by atoms with van der Waals surface area (Å²) < 4.78 is 3.49. The summed E-state index contributed by atoms with van der Waals surface area (Å²) in [4.78, 5) is 33.9. The van der Waals surface area contributed by atoms with Crippen LogP contribution in [0.5, 0.6) is 0 Å². The Hall–Kier alpha value is -2.05. The minimum Gasteiger partial charge on any atom is -0.342 e. The molecule has 26 heavy (non-hydrogen) atoms. The van der Waals surface area contributed by atoms with Gasteiger partial charge in [0, 0.05) is 26.7 Å². The van der Waals surface area contributed by atoms with Crippen molar-refractivity contribution < 1.29 is 0 Å². The van der Waals surface area contributed by atoms with Crippen molar-refractivity contribution in [2.45, 2.75) is 71.3 Å². The Morgan fingerprint density at radius 2 is 1.69 bits per heavy atom. The molecular weight excluding hydrogens is 330 g/mol. The lowest BCUT2D eigenvalue weighted by atomic mass is 10.1. The zero-order valence-corrected chi connectivity index (χ0v) is 16.1. The molecule has 0 spiro atoms. The average Bonchev–Trinajstić information content (AvgIpc) is 3.03. The smallest absolute Gasteiger partial charge is 0.329 e. The van der Waals surface area contributed by atoms with Crippen LogP contribution in [-0.4, -0.2) is 32.2 Å². The van der Waals surface area contributed by atoms with Crippen LogP contribution in [-0.2, 0) is 13.6 Å². The number of H-pyrrole nitrogens is 1. The van der Waals surface area contributed by atoms with E-state index in [0.717, 1.165) is 51.3 Å². The maximum atomic E-state index is 12.5. The first-order chi connectivity index (χ1) is 12.6. The Morgan fingerprint density at radius 3 is 2.42 bits per heavy atom. The first-order valence-corrected chi connectivity index (χ1v) is 10.1. The zero-order chi connectivity index (χ0) is 18.5. The van der Waals surface area contributed by atoms with Gasteiger partial charge in [-0.05, 0) is 25.7 Å².